The van der Waals surface area contributed by atoms with Gasteiger partial charge in [0.15, 0.2) is 163 Å². The molecule has 0 amide bonds. The first-order chi connectivity index (χ1) is 46.4. The zero-order valence-electron chi connectivity index (χ0n) is 45.3. The highest BCUT2D eigenvalue weighted by molar-refractivity contribution is 5.91. The molecule has 0 heterocycles. The third-order valence-electron chi connectivity index (χ3n) is 14.6. The van der Waals surface area contributed by atoms with Crippen LogP contribution in [-0.2, 0) is 0 Å². The number of halogens is 40. The largest absolute Gasteiger partial charge is 0.206 e. The molecule has 0 unspecified atom stereocenters. The lowest BCUT2D eigenvalue weighted by Crippen LogP contribution is -2.14. The summed E-state index contributed by atoms with van der Waals surface area (Å²) in [6.07, 6.45) is 0. The van der Waals surface area contributed by atoms with E-state index in [0.29, 0.717) is 0 Å². The summed E-state index contributed by atoms with van der Waals surface area (Å²) < 4.78 is 627. The van der Waals surface area contributed by atoms with Crippen molar-refractivity contribution >= 4 is 0 Å². The molecule has 0 aliphatic carbocycles. The third kappa shape index (κ3) is 9.85. The summed E-state index contributed by atoms with van der Waals surface area (Å²) in [5.41, 5.74) is -60.6. The first-order valence-corrected chi connectivity index (χ1v) is 25.0. The van der Waals surface area contributed by atoms with Crippen LogP contribution < -0.4 is 0 Å². The SMILES string of the molecule is Fc1cc(-c2c(F)c(-c3c(F)cc(-c4c(F)c(F)c(F)c(F)c4F)c(F)c3F)c(F)c(-c3c(F)c(-c4c(F)c(F)c(-c5c(F)c(F)c(F)c(F)c5F)c(F)c4F)c(F)c(-c4c(F)c(F)c(-c5c(F)c(F)c(F)c(F)c5F)c(F)c4F)c3F)c2F)c(F)c(F)c1-c1c(F)c(F)c(F)c(F)c1F. The van der Waals surface area contributed by atoms with Crippen LogP contribution in [0.2, 0.25) is 0 Å². The van der Waals surface area contributed by atoms with Gasteiger partial charge in [0.1, 0.15) is 46.5 Å². The van der Waals surface area contributed by atoms with Gasteiger partial charge in [-0.2, -0.15) is 0 Å². The first kappa shape index (κ1) is 72.2. The Balaban J connectivity index is 1.45. The van der Waals surface area contributed by atoms with Gasteiger partial charge in [-0.25, -0.2) is 176 Å². The maximum Gasteiger partial charge on any atom is 0.200 e. The van der Waals surface area contributed by atoms with Crippen molar-refractivity contribution in [1.29, 1.82) is 0 Å². The summed E-state index contributed by atoms with van der Waals surface area (Å²) in [5.74, 6) is -143. The smallest absolute Gasteiger partial charge is 0.200 e. The van der Waals surface area contributed by atoms with Crippen LogP contribution in [0.5, 0.6) is 0 Å². The van der Waals surface area contributed by atoms with Crippen molar-refractivity contribution in [3.05, 3.63) is 245 Å². The van der Waals surface area contributed by atoms with E-state index in [1.807, 2.05) is 0 Å². The Bertz CT molecular complexity index is 5080. The van der Waals surface area contributed by atoms with Crippen molar-refractivity contribution in [3.8, 4) is 100 Å². The van der Waals surface area contributed by atoms with Crippen LogP contribution in [-0.4, -0.2) is 0 Å². The highest BCUT2D eigenvalue weighted by Gasteiger charge is 2.45. The van der Waals surface area contributed by atoms with Crippen molar-refractivity contribution in [1.82, 2.24) is 0 Å². The quantitative estimate of drug-likeness (QED) is 0.0768. The monoisotopic (exact) mass is 1480 g/mol. The van der Waals surface area contributed by atoms with Gasteiger partial charge in [-0.15, -0.1) is 0 Å². The molecule has 0 fully saturated rings. The fourth-order valence-corrected chi connectivity index (χ4v) is 10.1. The molecule has 0 nitrogen and oxygen atoms in total. The van der Waals surface area contributed by atoms with Crippen molar-refractivity contribution in [3.63, 3.8) is 0 Å². The molecule has 0 aromatic heterocycles. The summed E-state index contributed by atoms with van der Waals surface area (Å²) in [5, 5.41) is 0. The molecule has 100 heavy (non-hydrogen) atoms. The van der Waals surface area contributed by atoms with E-state index in [1.54, 1.807) is 0 Å². The Morgan fingerprint density at radius 1 is 0.0900 bits per heavy atom. The van der Waals surface area contributed by atoms with E-state index >= 15 is 105 Å². The summed E-state index contributed by atoms with van der Waals surface area (Å²) in [4.78, 5) is 0. The van der Waals surface area contributed by atoms with Gasteiger partial charge in [-0.05, 0) is 12.1 Å². The van der Waals surface area contributed by atoms with Gasteiger partial charge < -0.3 is 0 Å². The van der Waals surface area contributed by atoms with Gasteiger partial charge in [0.05, 0.1) is 89.0 Å². The van der Waals surface area contributed by atoms with Crippen LogP contribution >= 0.6 is 0 Å². The molecule has 0 saturated carbocycles. The van der Waals surface area contributed by atoms with Crippen LogP contribution in [0.4, 0.5) is 176 Å². The van der Waals surface area contributed by atoms with Crippen molar-refractivity contribution in [2.45, 2.75) is 0 Å². The molecule has 10 aromatic carbocycles. The fraction of sp³-hybridized carbons (Fsp3) is 0. The molecule has 0 N–H and O–H groups in total. The van der Waals surface area contributed by atoms with Crippen LogP contribution in [0.1, 0.15) is 0 Å². The summed E-state index contributed by atoms with van der Waals surface area (Å²) >= 11 is 0. The minimum Gasteiger partial charge on any atom is -0.206 e. The second-order valence-electron chi connectivity index (χ2n) is 19.7. The average Bonchev–Trinajstić information content (AvgIpc) is 0.703. The number of rotatable bonds is 9. The van der Waals surface area contributed by atoms with Crippen LogP contribution in [0.3, 0.4) is 0 Å². The zero-order valence-corrected chi connectivity index (χ0v) is 45.3. The fourth-order valence-electron chi connectivity index (χ4n) is 10.1. The molecular formula is C60H2F40. The number of benzene rings is 10. The first-order valence-electron chi connectivity index (χ1n) is 25.0. The van der Waals surface area contributed by atoms with E-state index in [1.165, 1.54) is 0 Å². The standard InChI is InChI=1S/C60H2F40/c61-5-2-4(8-31(71)49(89)57(97)50(90)32(8)72)24(64)33(73)9(5)11-25(65)7(3-1-6(62)10(34(74)23(3)63)12-43(83)51(91)58(98)52(92)44(12)84)26(66)13(27(11)67)14-28(68)15(17-35(75)39(79)19(40(80)36(17)76)21-45(85)53(93)59(99)54(94)46(21)86)30(70)16(29(14)69)18-37(77)41(81)20(42(82)38(18)78)22-47(87)55(95)60(100)56(96)48(22)88/h1-2H. The Kier molecular flexibility index (Phi) is 17.8. The second kappa shape index (κ2) is 24.7. The molecular weight excluding hydrogens is 1480 g/mol. The number of hydrogen-bond donors (Lipinski definition) is 0. The number of hydrogen-bond acceptors (Lipinski definition) is 0. The Morgan fingerprint density at radius 3 is 0.380 bits per heavy atom. The molecule has 0 radical (unpaired) electrons. The maximum absolute atomic E-state index is 17.8. The van der Waals surface area contributed by atoms with Crippen molar-refractivity contribution in [2.24, 2.45) is 0 Å². The molecule has 0 atom stereocenters. The summed E-state index contributed by atoms with van der Waals surface area (Å²) in [6.45, 7) is 0. The molecule has 0 aliphatic heterocycles. The molecule has 10 rings (SSSR count). The third-order valence-corrected chi connectivity index (χ3v) is 14.6. The normalized spacial score (nSPS) is 11.8. The topological polar surface area (TPSA) is 0 Å². The van der Waals surface area contributed by atoms with Crippen molar-refractivity contribution in [2.75, 3.05) is 0 Å². The van der Waals surface area contributed by atoms with Gasteiger partial charge in [0, 0.05) is 11.1 Å². The van der Waals surface area contributed by atoms with E-state index in [4.69, 9.17) is 0 Å². The predicted molar refractivity (Wildman–Crippen MR) is 254 cm³/mol. The summed E-state index contributed by atoms with van der Waals surface area (Å²) in [7, 11) is 0. The minimum atomic E-state index is -4.16. The van der Waals surface area contributed by atoms with Gasteiger partial charge in [-0.1, -0.05) is 0 Å². The molecule has 40 heteroatoms. The zero-order chi connectivity index (χ0) is 74.9. The molecule has 0 saturated heterocycles. The highest BCUT2D eigenvalue weighted by Crippen LogP contribution is 2.54. The Morgan fingerprint density at radius 2 is 0.190 bits per heavy atom. The average molecular weight is 1480 g/mol. The molecule has 0 aliphatic rings. The molecule has 0 bridgehead atoms. The maximum atomic E-state index is 17.8. The lowest BCUT2D eigenvalue weighted by Gasteiger charge is -2.23. The van der Waals surface area contributed by atoms with E-state index in [9.17, 15) is 70.2 Å². The molecule has 522 valence electrons. The van der Waals surface area contributed by atoms with Gasteiger partial charge in [-0.3, -0.25) is 0 Å². The van der Waals surface area contributed by atoms with E-state index in [2.05, 4.69) is 0 Å². The minimum absolute atomic E-state index is 1.16. The van der Waals surface area contributed by atoms with E-state index in [0.717, 1.165) is 0 Å². The van der Waals surface area contributed by atoms with Gasteiger partial charge in [0.2, 0.25) is 23.3 Å². The summed E-state index contributed by atoms with van der Waals surface area (Å²) in [6, 6.07) is -2.42. The van der Waals surface area contributed by atoms with Crippen LogP contribution in [0.15, 0.2) is 12.1 Å². The van der Waals surface area contributed by atoms with Crippen LogP contribution in [0.25, 0.3) is 100 Å². The van der Waals surface area contributed by atoms with E-state index in [-0.39, 0.29) is 0 Å². The predicted octanol–water partition coefficient (Wildman–Crippen LogP) is 22.3. The van der Waals surface area contributed by atoms with Gasteiger partial charge in [0.25, 0.3) is 0 Å². The van der Waals surface area contributed by atoms with Crippen molar-refractivity contribution < 1.29 is 176 Å². The van der Waals surface area contributed by atoms with Crippen LogP contribution in [0, 0.1) is 233 Å². The lowest BCUT2D eigenvalue weighted by molar-refractivity contribution is 0.379. The van der Waals surface area contributed by atoms with Gasteiger partial charge >= 0.3 is 0 Å². The Labute approximate surface area is 520 Å². The molecule has 0 spiro atoms. The second-order valence-corrected chi connectivity index (χ2v) is 19.7. The lowest BCUT2D eigenvalue weighted by atomic mass is 9.85. The van der Waals surface area contributed by atoms with E-state index < -0.39 is 345 Å². The highest BCUT2D eigenvalue weighted by atomic mass is 19.2. The molecule has 10 aromatic rings. The Hall–Kier alpha value is -10.6.